The van der Waals surface area contributed by atoms with E-state index in [1.165, 1.54) is 36.0 Å². The van der Waals surface area contributed by atoms with Crippen LogP contribution in [0.4, 0.5) is 4.39 Å². The van der Waals surface area contributed by atoms with E-state index >= 15 is 0 Å². The van der Waals surface area contributed by atoms with E-state index in [9.17, 15) is 9.18 Å². The molecule has 0 unspecified atom stereocenters. The van der Waals surface area contributed by atoms with Crippen molar-refractivity contribution in [1.29, 1.82) is 0 Å². The summed E-state index contributed by atoms with van der Waals surface area (Å²) in [5.41, 5.74) is 1.30. The van der Waals surface area contributed by atoms with E-state index in [-0.39, 0.29) is 12.5 Å². The van der Waals surface area contributed by atoms with Gasteiger partial charge in [0.15, 0.2) is 11.0 Å². The van der Waals surface area contributed by atoms with Crippen molar-refractivity contribution in [3.8, 4) is 0 Å². The molecule has 0 radical (unpaired) electrons. The van der Waals surface area contributed by atoms with E-state index in [4.69, 9.17) is 23.2 Å². The van der Waals surface area contributed by atoms with Crippen molar-refractivity contribution >= 4 is 40.9 Å². The molecule has 0 spiro atoms. The van der Waals surface area contributed by atoms with Crippen LogP contribution in [-0.4, -0.2) is 20.7 Å². The Hall–Kier alpha value is -2.35. The second kappa shape index (κ2) is 9.91. The van der Waals surface area contributed by atoms with E-state index in [1.807, 2.05) is 10.6 Å². The van der Waals surface area contributed by atoms with Gasteiger partial charge in [-0.3, -0.25) is 4.79 Å². The number of rotatable bonds is 8. The monoisotopic (exact) mass is 450 g/mol. The maximum absolute atomic E-state index is 13.0. The minimum absolute atomic E-state index is 0.180. The normalized spacial score (nSPS) is 10.7. The summed E-state index contributed by atoms with van der Waals surface area (Å²) < 4.78 is 14.9. The molecule has 29 heavy (non-hydrogen) atoms. The molecule has 0 atom stereocenters. The first-order chi connectivity index (χ1) is 14.0. The van der Waals surface area contributed by atoms with Crippen LogP contribution in [0.2, 0.25) is 10.0 Å². The molecule has 0 aliphatic rings. The van der Waals surface area contributed by atoms with E-state index in [1.54, 1.807) is 18.2 Å². The van der Waals surface area contributed by atoms with Crippen molar-refractivity contribution in [1.82, 2.24) is 20.1 Å². The van der Waals surface area contributed by atoms with Gasteiger partial charge in [-0.1, -0.05) is 47.1 Å². The van der Waals surface area contributed by atoms with Gasteiger partial charge in [0, 0.05) is 27.9 Å². The zero-order valence-corrected chi connectivity index (χ0v) is 17.6. The lowest BCUT2D eigenvalue weighted by Gasteiger charge is -2.09. The molecule has 9 heteroatoms. The molecule has 1 N–H and O–H groups in total. The molecule has 1 amide bonds. The van der Waals surface area contributed by atoms with Crippen molar-refractivity contribution in [2.45, 2.75) is 24.0 Å². The van der Waals surface area contributed by atoms with Gasteiger partial charge < -0.3 is 9.88 Å². The number of nitrogens with zero attached hydrogens (tertiary/aromatic N) is 3. The van der Waals surface area contributed by atoms with Crippen molar-refractivity contribution < 1.29 is 9.18 Å². The lowest BCUT2D eigenvalue weighted by atomic mass is 10.2. The number of thioether (sulfide) groups is 1. The zero-order chi connectivity index (χ0) is 20.8. The van der Waals surface area contributed by atoms with Gasteiger partial charge in [-0.05, 0) is 42.0 Å². The minimum atomic E-state index is -0.394. The molecular weight excluding hydrogens is 434 g/mol. The second-order valence-electron chi connectivity index (χ2n) is 6.01. The van der Waals surface area contributed by atoms with Crippen LogP contribution >= 0.6 is 35.0 Å². The number of nitrogens with one attached hydrogen (secondary N) is 1. The molecule has 0 fully saturated rings. The Morgan fingerprint density at radius 3 is 2.66 bits per heavy atom. The maximum Gasteiger partial charge on any atom is 0.251 e. The van der Waals surface area contributed by atoms with E-state index in [0.717, 1.165) is 5.56 Å². The van der Waals surface area contributed by atoms with Crippen LogP contribution in [0, 0.1) is 5.82 Å². The fourth-order valence-electron chi connectivity index (χ4n) is 2.51. The summed E-state index contributed by atoms with van der Waals surface area (Å²) in [5, 5.41) is 13.0. The molecule has 150 valence electrons. The molecule has 5 nitrogen and oxygen atoms in total. The molecule has 0 aliphatic heterocycles. The highest BCUT2D eigenvalue weighted by Gasteiger charge is 2.14. The smallest absolute Gasteiger partial charge is 0.251 e. The van der Waals surface area contributed by atoms with Crippen LogP contribution in [0.1, 0.15) is 21.7 Å². The van der Waals surface area contributed by atoms with Crippen molar-refractivity contribution in [3.63, 3.8) is 0 Å². The summed E-state index contributed by atoms with van der Waals surface area (Å²) in [7, 11) is 0. The quantitative estimate of drug-likeness (QED) is 0.381. The Bertz CT molecular complexity index is 1020. The third-order valence-corrected chi connectivity index (χ3v) is 5.59. The molecule has 1 heterocycles. The summed E-state index contributed by atoms with van der Waals surface area (Å²) in [5.74, 6) is 0.466. The predicted octanol–water partition coefficient (Wildman–Crippen LogP) is 5.13. The van der Waals surface area contributed by atoms with Crippen LogP contribution in [-0.2, 0) is 18.8 Å². The fraction of sp³-hybridized carbons (Fsp3) is 0.150. The lowest BCUT2D eigenvalue weighted by molar-refractivity contribution is 0.0949. The van der Waals surface area contributed by atoms with Gasteiger partial charge in [0.1, 0.15) is 5.82 Å². The van der Waals surface area contributed by atoms with Gasteiger partial charge in [-0.2, -0.15) is 0 Å². The fourth-order valence-corrected chi connectivity index (χ4v) is 4.04. The summed E-state index contributed by atoms with van der Waals surface area (Å²) in [6.45, 7) is 4.44. The first-order valence-electron chi connectivity index (χ1n) is 8.61. The van der Waals surface area contributed by atoms with Crippen LogP contribution in [0.3, 0.4) is 0 Å². The standard InChI is InChI=1S/C20H17Cl2FN4OS/c1-2-9-27-18(11-24-19(28)13-4-7-16(23)8-5-13)25-26-20(27)29-12-14-3-6-15(21)10-17(14)22/h2-8,10H,1,9,11-12H2,(H,24,28). The molecule has 3 aromatic rings. The number of halogens is 3. The molecule has 0 saturated heterocycles. The van der Waals surface area contributed by atoms with Crippen molar-refractivity contribution in [3.05, 3.63) is 87.9 Å². The highest BCUT2D eigenvalue weighted by molar-refractivity contribution is 7.98. The topological polar surface area (TPSA) is 59.8 Å². The van der Waals surface area contributed by atoms with Crippen molar-refractivity contribution in [2.75, 3.05) is 0 Å². The molecular formula is C20H17Cl2FN4OS. The van der Waals surface area contributed by atoms with Gasteiger partial charge in [-0.15, -0.1) is 16.8 Å². The highest BCUT2D eigenvalue weighted by atomic mass is 35.5. The molecule has 0 bridgehead atoms. The lowest BCUT2D eigenvalue weighted by Crippen LogP contribution is -2.24. The van der Waals surface area contributed by atoms with Gasteiger partial charge >= 0.3 is 0 Å². The Morgan fingerprint density at radius 1 is 1.21 bits per heavy atom. The molecule has 1 aromatic heterocycles. The number of carbonyl (C=O) groups is 1. The first kappa shape index (κ1) is 21.4. The van der Waals surface area contributed by atoms with Gasteiger partial charge in [0.25, 0.3) is 5.91 Å². The van der Waals surface area contributed by atoms with Gasteiger partial charge in [-0.25, -0.2) is 4.39 Å². The molecule has 3 rings (SSSR count). The number of hydrogen-bond donors (Lipinski definition) is 1. The van der Waals surface area contributed by atoms with Crippen LogP contribution in [0.5, 0.6) is 0 Å². The van der Waals surface area contributed by atoms with Crippen LogP contribution in [0.25, 0.3) is 0 Å². The largest absolute Gasteiger partial charge is 0.345 e. The number of amides is 1. The second-order valence-corrected chi connectivity index (χ2v) is 7.80. The van der Waals surface area contributed by atoms with E-state index in [2.05, 4.69) is 22.1 Å². The summed E-state index contributed by atoms with van der Waals surface area (Å²) in [4.78, 5) is 12.2. The average Bonchev–Trinajstić information content (AvgIpc) is 3.08. The predicted molar refractivity (Wildman–Crippen MR) is 114 cm³/mol. The average molecular weight is 451 g/mol. The number of carbonyl (C=O) groups excluding carboxylic acids is 1. The summed E-state index contributed by atoms with van der Waals surface area (Å²) in [6.07, 6.45) is 1.73. The van der Waals surface area contributed by atoms with Crippen molar-refractivity contribution in [2.24, 2.45) is 0 Å². The van der Waals surface area contributed by atoms with Crippen LogP contribution in [0.15, 0.2) is 60.3 Å². The summed E-state index contributed by atoms with van der Waals surface area (Å²) in [6, 6.07) is 10.7. The number of hydrogen-bond acceptors (Lipinski definition) is 4. The Kier molecular flexibility index (Phi) is 7.30. The third-order valence-electron chi connectivity index (χ3n) is 3.99. The van der Waals surface area contributed by atoms with E-state index in [0.29, 0.717) is 38.9 Å². The first-order valence-corrected chi connectivity index (χ1v) is 10.4. The number of allylic oxidation sites excluding steroid dienone is 1. The van der Waals surface area contributed by atoms with Gasteiger partial charge in [0.2, 0.25) is 0 Å². The Labute approximate surface area is 181 Å². The zero-order valence-electron chi connectivity index (χ0n) is 15.2. The highest BCUT2D eigenvalue weighted by Crippen LogP contribution is 2.28. The van der Waals surface area contributed by atoms with Crippen LogP contribution < -0.4 is 5.32 Å². The summed E-state index contributed by atoms with van der Waals surface area (Å²) >= 11 is 13.6. The maximum atomic E-state index is 13.0. The number of benzene rings is 2. The number of aromatic nitrogens is 3. The third kappa shape index (κ3) is 5.59. The van der Waals surface area contributed by atoms with Gasteiger partial charge in [0.05, 0.1) is 6.54 Å². The van der Waals surface area contributed by atoms with E-state index < -0.39 is 5.82 Å². The minimum Gasteiger partial charge on any atom is -0.345 e. The Morgan fingerprint density at radius 2 is 1.97 bits per heavy atom. The Balaban J connectivity index is 1.68. The molecule has 0 saturated carbocycles. The SMILES string of the molecule is C=CCn1c(CNC(=O)c2ccc(F)cc2)nnc1SCc1ccc(Cl)cc1Cl. The molecule has 0 aliphatic carbocycles. The molecule has 2 aromatic carbocycles.